The van der Waals surface area contributed by atoms with Crippen LogP contribution in [-0.2, 0) is 6.18 Å². The Balaban J connectivity index is 2.92. The van der Waals surface area contributed by atoms with Crippen LogP contribution in [-0.4, -0.2) is 11.6 Å². The third-order valence-electron chi connectivity index (χ3n) is 1.94. The molecule has 19 heavy (non-hydrogen) atoms. The van der Waals surface area contributed by atoms with Crippen LogP contribution in [0.15, 0.2) is 22.7 Å². The Morgan fingerprint density at radius 2 is 1.84 bits per heavy atom. The molecule has 1 N–H and O–H groups in total. The van der Waals surface area contributed by atoms with E-state index >= 15 is 0 Å². The average Bonchev–Trinajstić information content (AvgIpc) is 2.16. The highest BCUT2D eigenvalue weighted by Crippen LogP contribution is 2.35. The molecule has 0 unspecified atom stereocenters. The van der Waals surface area contributed by atoms with Gasteiger partial charge in [-0.2, -0.15) is 13.2 Å². The fourth-order valence-corrected chi connectivity index (χ4v) is 1.52. The first-order chi connectivity index (χ1) is 8.49. The van der Waals surface area contributed by atoms with E-state index in [0.717, 1.165) is 12.1 Å². The number of carbonyl (C=O) groups excluding carboxylic acids is 1. The number of benzene rings is 1. The Bertz CT molecular complexity index is 481. The maximum Gasteiger partial charge on any atom is 0.416 e. The molecule has 3 nitrogen and oxygen atoms in total. The van der Waals surface area contributed by atoms with Crippen molar-refractivity contribution in [3.63, 3.8) is 0 Å². The number of halogens is 4. The molecule has 1 rings (SSSR count). The number of carbonyl (C=O) groups is 1. The molecule has 0 spiro atoms. The first kappa shape index (κ1) is 15.8. The summed E-state index contributed by atoms with van der Waals surface area (Å²) in [6.07, 6.45) is -5.30. The summed E-state index contributed by atoms with van der Waals surface area (Å²) in [5.74, 6) is -0.184. The molecule has 1 aromatic carbocycles. The van der Waals surface area contributed by atoms with Crippen LogP contribution in [0.25, 0.3) is 0 Å². The first-order valence-corrected chi connectivity index (χ1v) is 6.15. The minimum Gasteiger partial charge on any atom is -0.409 e. The molecule has 1 aromatic rings. The third kappa shape index (κ3) is 5.10. The lowest BCUT2D eigenvalue weighted by atomic mass is 10.1. The topological polar surface area (TPSA) is 38.3 Å². The molecule has 7 heteroatoms. The Labute approximate surface area is 117 Å². The zero-order valence-corrected chi connectivity index (χ0v) is 12.1. The highest BCUT2D eigenvalue weighted by molar-refractivity contribution is 9.10. The van der Waals surface area contributed by atoms with E-state index in [9.17, 15) is 18.0 Å². The van der Waals surface area contributed by atoms with Crippen LogP contribution in [0.2, 0.25) is 0 Å². The van der Waals surface area contributed by atoms with Crippen LogP contribution < -0.4 is 10.1 Å². The third-order valence-corrected chi connectivity index (χ3v) is 2.59. The molecule has 106 valence electrons. The van der Waals surface area contributed by atoms with E-state index in [2.05, 4.69) is 21.2 Å². The predicted molar refractivity (Wildman–Crippen MR) is 68.1 cm³/mol. The van der Waals surface area contributed by atoms with Crippen molar-refractivity contribution < 1.29 is 22.7 Å². The van der Waals surface area contributed by atoms with E-state index in [1.165, 1.54) is 6.07 Å². The lowest BCUT2D eigenvalue weighted by molar-refractivity contribution is -0.137. The highest BCUT2D eigenvalue weighted by Gasteiger charge is 2.31. The second-order valence-electron chi connectivity index (χ2n) is 4.91. The zero-order valence-electron chi connectivity index (χ0n) is 10.6. The molecule has 0 aliphatic heterocycles. The smallest absolute Gasteiger partial charge is 0.409 e. The second kappa shape index (κ2) is 5.40. The van der Waals surface area contributed by atoms with E-state index < -0.39 is 23.4 Å². The number of rotatable bonds is 1. The Hall–Kier alpha value is -1.24. The van der Waals surface area contributed by atoms with Gasteiger partial charge in [-0.05, 0) is 54.9 Å². The molecular formula is C12H13BrF3NO2. The Morgan fingerprint density at radius 1 is 1.26 bits per heavy atom. The fraction of sp³-hybridized carbons (Fsp3) is 0.417. The molecule has 0 aliphatic rings. The van der Waals surface area contributed by atoms with Crippen LogP contribution in [0.5, 0.6) is 5.75 Å². The predicted octanol–water partition coefficient (Wildman–Crippen LogP) is 4.35. The lowest BCUT2D eigenvalue weighted by Crippen LogP contribution is -2.42. The van der Waals surface area contributed by atoms with Crippen molar-refractivity contribution in [2.45, 2.75) is 32.5 Å². The summed E-state index contributed by atoms with van der Waals surface area (Å²) in [6, 6.07) is 2.85. The van der Waals surface area contributed by atoms with Gasteiger partial charge in [0.2, 0.25) is 0 Å². The molecule has 0 atom stereocenters. The van der Waals surface area contributed by atoms with Gasteiger partial charge < -0.3 is 10.1 Å². The van der Waals surface area contributed by atoms with Gasteiger partial charge in [0.25, 0.3) is 0 Å². The molecule has 0 saturated heterocycles. The summed E-state index contributed by atoms with van der Waals surface area (Å²) in [5, 5.41) is 2.49. The van der Waals surface area contributed by atoms with Crippen LogP contribution >= 0.6 is 15.9 Å². The van der Waals surface area contributed by atoms with Crippen LogP contribution in [0.3, 0.4) is 0 Å². The Morgan fingerprint density at radius 3 is 2.32 bits per heavy atom. The van der Waals surface area contributed by atoms with Crippen LogP contribution in [0.1, 0.15) is 26.3 Å². The van der Waals surface area contributed by atoms with Crippen LogP contribution in [0, 0.1) is 0 Å². The number of amides is 1. The summed E-state index contributed by atoms with van der Waals surface area (Å²) >= 11 is 3.03. The average molecular weight is 340 g/mol. The van der Waals surface area contributed by atoms with Gasteiger partial charge in [0.15, 0.2) is 0 Å². The molecular weight excluding hydrogens is 327 g/mol. The molecule has 0 bridgehead atoms. The van der Waals surface area contributed by atoms with Crippen LogP contribution in [0.4, 0.5) is 18.0 Å². The van der Waals surface area contributed by atoms with E-state index in [-0.39, 0.29) is 10.2 Å². The van der Waals surface area contributed by atoms with Crippen molar-refractivity contribution >= 4 is 22.0 Å². The molecule has 0 radical (unpaired) electrons. The largest absolute Gasteiger partial charge is 0.416 e. The second-order valence-corrected chi connectivity index (χ2v) is 5.76. The summed E-state index contributed by atoms with van der Waals surface area (Å²) in [4.78, 5) is 11.5. The van der Waals surface area contributed by atoms with E-state index in [0.29, 0.717) is 0 Å². The van der Waals surface area contributed by atoms with Crippen molar-refractivity contribution in [3.05, 3.63) is 28.2 Å². The van der Waals surface area contributed by atoms with Gasteiger partial charge in [0, 0.05) is 5.54 Å². The lowest BCUT2D eigenvalue weighted by Gasteiger charge is -2.20. The monoisotopic (exact) mass is 339 g/mol. The highest BCUT2D eigenvalue weighted by atomic mass is 79.9. The van der Waals surface area contributed by atoms with Gasteiger partial charge in [-0.3, -0.25) is 0 Å². The SMILES string of the molecule is CC(C)(C)NC(=O)Oc1cc(C(F)(F)F)ccc1Br. The molecule has 0 saturated carbocycles. The summed E-state index contributed by atoms with van der Waals surface area (Å²) in [7, 11) is 0. The van der Waals surface area contributed by atoms with Gasteiger partial charge in [-0.15, -0.1) is 0 Å². The molecule has 0 fully saturated rings. The van der Waals surface area contributed by atoms with Crippen molar-refractivity contribution in [3.8, 4) is 5.75 Å². The van der Waals surface area contributed by atoms with Gasteiger partial charge in [-0.25, -0.2) is 4.79 Å². The quantitative estimate of drug-likeness (QED) is 0.825. The standard InChI is InChI=1S/C12H13BrF3NO2/c1-11(2,3)17-10(18)19-9-6-7(12(14,15)16)4-5-8(9)13/h4-6H,1-3H3,(H,17,18). The van der Waals surface area contributed by atoms with Crippen molar-refractivity contribution in [2.75, 3.05) is 0 Å². The minimum absolute atomic E-state index is 0.184. The van der Waals surface area contributed by atoms with E-state index in [4.69, 9.17) is 4.74 Å². The summed E-state index contributed by atoms with van der Waals surface area (Å²) in [5.41, 5.74) is -1.42. The number of hydrogen-bond acceptors (Lipinski definition) is 2. The van der Waals surface area contributed by atoms with Gasteiger partial charge in [0.1, 0.15) is 5.75 Å². The first-order valence-electron chi connectivity index (χ1n) is 5.36. The van der Waals surface area contributed by atoms with Gasteiger partial charge >= 0.3 is 12.3 Å². The zero-order chi connectivity index (χ0) is 14.8. The maximum absolute atomic E-state index is 12.5. The van der Waals surface area contributed by atoms with E-state index in [1.807, 2.05) is 0 Å². The van der Waals surface area contributed by atoms with Crippen molar-refractivity contribution in [2.24, 2.45) is 0 Å². The number of hydrogen-bond donors (Lipinski definition) is 1. The normalized spacial score (nSPS) is 12.2. The van der Waals surface area contributed by atoms with Crippen molar-refractivity contribution in [1.29, 1.82) is 0 Å². The fourth-order valence-electron chi connectivity index (χ4n) is 1.19. The van der Waals surface area contributed by atoms with Gasteiger partial charge in [-0.1, -0.05) is 0 Å². The number of alkyl halides is 3. The maximum atomic E-state index is 12.5. The summed E-state index contributed by atoms with van der Waals surface area (Å²) in [6.45, 7) is 5.19. The Kier molecular flexibility index (Phi) is 4.50. The van der Waals surface area contributed by atoms with Crippen molar-refractivity contribution in [1.82, 2.24) is 5.32 Å². The number of ether oxygens (including phenoxy) is 1. The molecule has 0 heterocycles. The molecule has 1 amide bonds. The summed E-state index contributed by atoms with van der Waals surface area (Å²) < 4.78 is 42.7. The molecule has 0 aromatic heterocycles. The molecule has 0 aliphatic carbocycles. The van der Waals surface area contributed by atoms with Gasteiger partial charge in [0.05, 0.1) is 10.0 Å². The number of nitrogens with one attached hydrogen (secondary N) is 1. The minimum atomic E-state index is -4.49. The van der Waals surface area contributed by atoms with E-state index in [1.54, 1.807) is 20.8 Å².